The largest absolute Gasteiger partial charge is 0.310 e. The number of hydrogen-bond donors (Lipinski definition) is 1. The summed E-state index contributed by atoms with van der Waals surface area (Å²) < 4.78 is 1.35. The molecule has 23 heavy (non-hydrogen) atoms. The Labute approximate surface area is 143 Å². The minimum Gasteiger partial charge on any atom is -0.310 e. The molecule has 1 N–H and O–H groups in total. The first kappa shape index (κ1) is 15.6. The van der Waals surface area contributed by atoms with E-state index in [0.717, 1.165) is 12.5 Å². The van der Waals surface area contributed by atoms with Crippen molar-refractivity contribution < 1.29 is 0 Å². The summed E-state index contributed by atoms with van der Waals surface area (Å²) in [6, 6.07) is 7.45. The molecule has 0 radical (unpaired) electrons. The van der Waals surface area contributed by atoms with E-state index in [9.17, 15) is 0 Å². The van der Waals surface area contributed by atoms with E-state index in [1.807, 2.05) is 11.3 Å². The van der Waals surface area contributed by atoms with Crippen LogP contribution in [0.2, 0.25) is 0 Å². The number of thiazole rings is 1. The third-order valence-corrected chi connectivity index (χ3v) is 6.76. The zero-order chi connectivity index (χ0) is 15.8. The Morgan fingerprint density at radius 1 is 1.17 bits per heavy atom. The van der Waals surface area contributed by atoms with Gasteiger partial charge in [-0.1, -0.05) is 13.0 Å². The Balaban J connectivity index is 1.55. The predicted octanol–water partition coefficient (Wildman–Crippen LogP) is 4.17. The molecule has 124 valence electrons. The first-order chi connectivity index (χ1) is 11.2. The number of nitrogens with zero attached hydrogens (tertiary/aromatic N) is 2. The first-order valence-electron chi connectivity index (χ1n) is 9.01. The highest BCUT2D eigenvalue weighted by atomic mass is 32.1. The topological polar surface area (TPSA) is 28.2 Å². The molecule has 2 unspecified atom stereocenters. The summed E-state index contributed by atoms with van der Waals surface area (Å²) in [5, 5.41) is 5.05. The lowest BCUT2D eigenvalue weighted by molar-refractivity contribution is 0.255. The van der Waals surface area contributed by atoms with Crippen LogP contribution in [0.5, 0.6) is 0 Å². The van der Waals surface area contributed by atoms with Gasteiger partial charge < -0.3 is 10.2 Å². The summed E-state index contributed by atoms with van der Waals surface area (Å²) in [6.45, 7) is 5.88. The van der Waals surface area contributed by atoms with Gasteiger partial charge in [0.15, 0.2) is 0 Å². The maximum atomic E-state index is 5.00. The molecule has 2 aliphatic rings. The van der Waals surface area contributed by atoms with Crippen molar-refractivity contribution in [3.63, 3.8) is 0 Å². The van der Waals surface area contributed by atoms with Gasteiger partial charge in [-0.3, -0.25) is 0 Å². The average Bonchev–Trinajstić information content (AvgIpc) is 2.99. The van der Waals surface area contributed by atoms with Crippen LogP contribution in [0.25, 0.3) is 10.2 Å². The zero-order valence-electron chi connectivity index (χ0n) is 14.2. The Morgan fingerprint density at radius 3 is 2.74 bits per heavy atom. The highest BCUT2D eigenvalue weighted by Crippen LogP contribution is 2.35. The Bertz CT molecular complexity index is 644. The fourth-order valence-corrected chi connectivity index (χ4v) is 5.01. The van der Waals surface area contributed by atoms with Crippen LogP contribution in [0.3, 0.4) is 0 Å². The summed E-state index contributed by atoms with van der Waals surface area (Å²) in [4.78, 5) is 7.43. The van der Waals surface area contributed by atoms with Crippen LogP contribution in [0.1, 0.15) is 55.1 Å². The fourth-order valence-electron chi connectivity index (χ4n) is 3.89. The molecule has 2 fully saturated rings. The van der Waals surface area contributed by atoms with Gasteiger partial charge >= 0.3 is 0 Å². The molecular formula is C19H27N3S. The lowest BCUT2D eigenvalue weighted by Gasteiger charge is -2.28. The molecule has 4 heteroatoms. The minimum absolute atomic E-state index is 0.518. The van der Waals surface area contributed by atoms with Crippen molar-refractivity contribution >= 4 is 21.6 Å². The second kappa shape index (κ2) is 6.50. The summed E-state index contributed by atoms with van der Waals surface area (Å²) in [5.74, 6) is 1.48. The van der Waals surface area contributed by atoms with Gasteiger partial charge in [0.05, 0.1) is 15.2 Å². The molecule has 4 rings (SSSR count). The smallest absolute Gasteiger partial charge is 0.0970 e. The SMILES string of the molecule is CC1CCC(c2ccc3sc(C4CCN(C)CC4)nc3c2)NC1. The van der Waals surface area contributed by atoms with Gasteiger partial charge in [0.2, 0.25) is 0 Å². The van der Waals surface area contributed by atoms with E-state index in [-0.39, 0.29) is 0 Å². The van der Waals surface area contributed by atoms with Crippen molar-refractivity contribution in [2.24, 2.45) is 5.92 Å². The number of nitrogens with one attached hydrogen (secondary N) is 1. The van der Waals surface area contributed by atoms with Crippen molar-refractivity contribution in [3.05, 3.63) is 28.8 Å². The van der Waals surface area contributed by atoms with Crippen LogP contribution in [-0.2, 0) is 0 Å². The zero-order valence-corrected chi connectivity index (χ0v) is 15.0. The maximum absolute atomic E-state index is 5.00. The van der Waals surface area contributed by atoms with E-state index in [1.54, 1.807) is 0 Å². The Morgan fingerprint density at radius 2 is 2.00 bits per heavy atom. The highest BCUT2D eigenvalue weighted by molar-refractivity contribution is 7.18. The standard InChI is InChI=1S/C19H27N3S/c1-13-3-5-16(20-12-13)15-4-6-18-17(11-15)21-19(23-18)14-7-9-22(2)10-8-14/h4,6,11,13-14,16,20H,3,5,7-10,12H2,1-2H3. The van der Waals surface area contributed by atoms with Gasteiger partial charge in [-0.25, -0.2) is 4.98 Å². The molecule has 3 heterocycles. The number of fused-ring (bicyclic) bond motifs is 1. The van der Waals surface area contributed by atoms with E-state index < -0.39 is 0 Å². The summed E-state index contributed by atoms with van der Waals surface area (Å²) in [6.07, 6.45) is 5.09. The van der Waals surface area contributed by atoms with Crippen molar-refractivity contribution in [1.82, 2.24) is 15.2 Å². The number of benzene rings is 1. The summed E-state index contributed by atoms with van der Waals surface area (Å²) >= 11 is 1.91. The second-order valence-electron chi connectivity index (χ2n) is 7.50. The van der Waals surface area contributed by atoms with Crippen LogP contribution in [0, 0.1) is 5.92 Å². The lowest BCUT2D eigenvalue weighted by Crippen LogP contribution is -2.31. The number of piperidine rings is 2. The fraction of sp³-hybridized carbons (Fsp3) is 0.632. The Kier molecular flexibility index (Phi) is 4.39. The van der Waals surface area contributed by atoms with Crippen LogP contribution < -0.4 is 5.32 Å². The molecule has 1 aromatic carbocycles. The van der Waals surface area contributed by atoms with Gasteiger partial charge in [0.25, 0.3) is 0 Å². The van der Waals surface area contributed by atoms with Gasteiger partial charge in [-0.05, 0) is 76.0 Å². The predicted molar refractivity (Wildman–Crippen MR) is 98.2 cm³/mol. The number of hydrogen-bond acceptors (Lipinski definition) is 4. The quantitative estimate of drug-likeness (QED) is 0.896. The van der Waals surface area contributed by atoms with Gasteiger partial charge in [-0.15, -0.1) is 11.3 Å². The minimum atomic E-state index is 0.518. The van der Waals surface area contributed by atoms with E-state index in [2.05, 4.69) is 42.4 Å². The summed E-state index contributed by atoms with van der Waals surface area (Å²) in [5.41, 5.74) is 2.63. The molecular weight excluding hydrogens is 302 g/mol. The number of likely N-dealkylation sites (tertiary alicyclic amines) is 1. The number of aromatic nitrogens is 1. The molecule has 2 aliphatic heterocycles. The normalized spacial score (nSPS) is 27.6. The molecule has 2 saturated heterocycles. The molecule has 0 bridgehead atoms. The third kappa shape index (κ3) is 3.30. The van der Waals surface area contributed by atoms with Gasteiger partial charge in [-0.2, -0.15) is 0 Å². The molecule has 1 aromatic heterocycles. The van der Waals surface area contributed by atoms with Crippen molar-refractivity contribution in [2.75, 3.05) is 26.7 Å². The molecule has 2 atom stereocenters. The van der Waals surface area contributed by atoms with Crippen LogP contribution >= 0.6 is 11.3 Å². The van der Waals surface area contributed by atoms with E-state index in [1.165, 1.54) is 59.6 Å². The monoisotopic (exact) mass is 329 g/mol. The first-order valence-corrected chi connectivity index (χ1v) is 9.83. The van der Waals surface area contributed by atoms with E-state index in [4.69, 9.17) is 4.98 Å². The highest BCUT2D eigenvalue weighted by Gasteiger charge is 2.23. The second-order valence-corrected chi connectivity index (χ2v) is 8.56. The van der Waals surface area contributed by atoms with E-state index in [0.29, 0.717) is 12.0 Å². The molecule has 0 spiro atoms. The number of rotatable bonds is 2. The molecule has 0 amide bonds. The molecule has 2 aromatic rings. The van der Waals surface area contributed by atoms with Crippen LogP contribution in [0.15, 0.2) is 18.2 Å². The van der Waals surface area contributed by atoms with E-state index >= 15 is 0 Å². The van der Waals surface area contributed by atoms with Gasteiger partial charge in [0.1, 0.15) is 0 Å². The Hall–Kier alpha value is -0.970. The van der Waals surface area contributed by atoms with Crippen molar-refractivity contribution in [2.45, 2.75) is 44.6 Å². The third-order valence-electron chi connectivity index (χ3n) is 5.56. The average molecular weight is 330 g/mol. The maximum Gasteiger partial charge on any atom is 0.0970 e. The van der Waals surface area contributed by atoms with Crippen LogP contribution in [-0.4, -0.2) is 36.6 Å². The summed E-state index contributed by atoms with van der Waals surface area (Å²) in [7, 11) is 2.22. The van der Waals surface area contributed by atoms with Gasteiger partial charge in [0, 0.05) is 12.0 Å². The lowest BCUT2D eigenvalue weighted by atomic mass is 9.92. The van der Waals surface area contributed by atoms with Crippen LogP contribution in [0.4, 0.5) is 0 Å². The molecule has 0 aliphatic carbocycles. The molecule has 0 saturated carbocycles. The molecule has 3 nitrogen and oxygen atoms in total. The van der Waals surface area contributed by atoms with Crippen molar-refractivity contribution in [1.29, 1.82) is 0 Å². The van der Waals surface area contributed by atoms with Crippen molar-refractivity contribution in [3.8, 4) is 0 Å².